The van der Waals surface area contributed by atoms with Gasteiger partial charge in [-0.15, -0.1) is 0 Å². The fraction of sp³-hybridized carbons (Fsp3) is 0.250. The van der Waals surface area contributed by atoms with Crippen LogP contribution >= 0.6 is 0 Å². The van der Waals surface area contributed by atoms with Gasteiger partial charge in [-0.1, -0.05) is 24.3 Å². The van der Waals surface area contributed by atoms with Gasteiger partial charge in [-0.2, -0.15) is 0 Å². The quantitative estimate of drug-likeness (QED) is 0.889. The zero-order valence-electron chi connectivity index (χ0n) is 11.5. The van der Waals surface area contributed by atoms with E-state index < -0.39 is 0 Å². The van der Waals surface area contributed by atoms with E-state index in [1.54, 1.807) is 0 Å². The molecule has 2 aromatic rings. The SMILES string of the molecule is CC(Nc1ccccc1N(C)C)c1ccc(F)cc1. The second-order valence-corrected chi connectivity index (χ2v) is 4.83. The molecule has 19 heavy (non-hydrogen) atoms. The zero-order valence-corrected chi connectivity index (χ0v) is 11.5. The summed E-state index contributed by atoms with van der Waals surface area (Å²) >= 11 is 0. The highest BCUT2D eigenvalue weighted by molar-refractivity contribution is 5.69. The summed E-state index contributed by atoms with van der Waals surface area (Å²) in [7, 11) is 4.03. The van der Waals surface area contributed by atoms with Gasteiger partial charge in [0.15, 0.2) is 0 Å². The maximum atomic E-state index is 12.9. The first-order valence-electron chi connectivity index (χ1n) is 6.36. The number of nitrogens with one attached hydrogen (secondary N) is 1. The van der Waals surface area contributed by atoms with Gasteiger partial charge in [0.2, 0.25) is 0 Å². The first-order chi connectivity index (χ1) is 9.08. The van der Waals surface area contributed by atoms with Crippen molar-refractivity contribution in [2.24, 2.45) is 0 Å². The standard InChI is InChI=1S/C16H19FN2/c1-12(13-8-10-14(17)11-9-13)18-15-6-4-5-7-16(15)19(2)3/h4-12,18H,1-3H3. The van der Waals surface area contributed by atoms with Gasteiger partial charge >= 0.3 is 0 Å². The summed E-state index contributed by atoms with van der Waals surface area (Å²) in [5.74, 6) is -0.204. The Kier molecular flexibility index (Phi) is 4.05. The third-order valence-corrected chi connectivity index (χ3v) is 3.13. The Hall–Kier alpha value is -2.03. The molecule has 2 nitrogen and oxygen atoms in total. The smallest absolute Gasteiger partial charge is 0.123 e. The van der Waals surface area contributed by atoms with Crippen LogP contribution in [-0.2, 0) is 0 Å². The highest BCUT2D eigenvalue weighted by atomic mass is 19.1. The number of rotatable bonds is 4. The van der Waals surface area contributed by atoms with Crippen molar-refractivity contribution in [3.05, 3.63) is 59.9 Å². The predicted molar refractivity (Wildman–Crippen MR) is 79.2 cm³/mol. The summed E-state index contributed by atoms with van der Waals surface area (Å²) in [6, 6.07) is 14.9. The van der Waals surface area contributed by atoms with E-state index in [1.165, 1.54) is 12.1 Å². The molecule has 2 rings (SSSR count). The molecule has 0 radical (unpaired) electrons. The average molecular weight is 258 g/mol. The lowest BCUT2D eigenvalue weighted by Gasteiger charge is -2.22. The molecule has 3 heteroatoms. The molecule has 0 aromatic heterocycles. The summed E-state index contributed by atoms with van der Waals surface area (Å²) < 4.78 is 12.9. The minimum absolute atomic E-state index is 0.127. The molecule has 0 amide bonds. The number of hydrogen-bond acceptors (Lipinski definition) is 2. The van der Waals surface area contributed by atoms with Crippen molar-refractivity contribution in [2.45, 2.75) is 13.0 Å². The minimum atomic E-state index is -0.204. The third kappa shape index (κ3) is 3.25. The molecular weight excluding hydrogens is 239 g/mol. The summed E-state index contributed by atoms with van der Waals surface area (Å²) in [6.07, 6.45) is 0. The van der Waals surface area contributed by atoms with Crippen molar-refractivity contribution < 1.29 is 4.39 Å². The average Bonchev–Trinajstić information content (AvgIpc) is 2.39. The summed E-state index contributed by atoms with van der Waals surface area (Å²) in [5, 5.41) is 3.46. The molecule has 0 aliphatic rings. The highest BCUT2D eigenvalue weighted by Gasteiger charge is 2.09. The number of para-hydroxylation sites is 2. The Morgan fingerprint density at radius 3 is 2.26 bits per heavy atom. The Labute approximate surface area is 113 Å². The first kappa shape index (κ1) is 13.4. The van der Waals surface area contributed by atoms with E-state index in [4.69, 9.17) is 0 Å². The van der Waals surface area contributed by atoms with Crippen LogP contribution in [0.5, 0.6) is 0 Å². The highest BCUT2D eigenvalue weighted by Crippen LogP contribution is 2.27. The maximum absolute atomic E-state index is 12.9. The third-order valence-electron chi connectivity index (χ3n) is 3.13. The molecule has 0 heterocycles. The Morgan fingerprint density at radius 1 is 1.00 bits per heavy atom. The molecule has 0 saturated heterocycles. The van der Waals surface area contributed by atoms with Gasteiger partial charge in [0.1, 0.15) is 5.82 Å². The molecule has 1 atom stereocenters. The fourth-order valence-corrected chi connectivity index (χ4v) is 2.05. The largest absolute Gasteiger partial charge is 0.377 e. The second-order valence-electron chi connectivity index (χ2n) is 4.83. The molecule has 0 aliphatic heterocycles. The van der Waals surface area contributed by atoms with Crippen molar-refractivity contribution in [1.82, 2.24) is 0 Å². The lowest BCUT2D eigenvalue weighted by molar-refractivity contribution is 0.626. The lowest BCUT2D eigenvalue weighted by Crippen LogP contribution is -2.14. The molecule has 1 unspecified atom stereocenters. The van der Waals surface area contributed by atoms with Crippen LogP contribution in [0, 0.1) is 5.82 Å². The van der Waals surface area contributed by atoms with Crippen LogP contribution in [0.25, 0.3) is 0 Å². The number of nitrogens with zero attached hydrogens (tertiary/aromatic N) is 1. The van der Waals surface area contributed by atoms with Crippen LogP contribution < -0.4 is 10.2 Å². The lowest BCUT2D eigenvalue weighted by atomic mass is 10.1. The number of benzene rings is 2. The molecule has 100 valence electrons. The fourth-order valence-electron chi connectivity index (χ4n) is 2.05. The second kappa shape index (κ2) is 5.74. The van der Waals surface area contributed by atoms with E-state index in [2.05, 4.69) is 29.3 Å². The van der Waals surface area contributed by atoms with E-state index in [0.29, 0.717) is 0 Å². The van der Waals surface area contributed by atoms with Gasteiger partial charge in [0.05, 0.1) is 11.4 Å². The Morgan fingerprint density at radius 2 is 1.63 bits per heavy atom. The molecular formula is C16H19FN2. The molecule has 0 bridgehead atoms. The predicted octanol–water partition coefficient (Wildman–Crippen LogP) is 4.06. The van der Waals surface area contributed by atoms with Gasteiger partial charge < -0.3 is 10.2 Å². The van der Waals surface area contributed by atoms with E-state index in [1.807, 2.05) is 38.4 Å². The van der Waals surface area contributed by atoms with Crippen molar-refractivity contribution in [1.29, 1.82) is 0 Å². The van der Waals surface area contributed by atoms with Crippen molar-refractivity contribution in [2.75, 3.05) is 24.3 Å². The van der Waals surface area contributed by atoms with Crippen LogP contribution in [0.3, 0.4) is 0 Å². The first-order valence-corrected chi connectivity index (χ1v) is 6.36. The van der Waals surface area contributed by atoms with E-state index in [9.17, 15) is 4.39 Å². The van der Waals surface area contributed by atoms with Crippen LogP contribution in [0.2, 0.25) is 0 Å². The number of hydrogen-bond donors (Lipinski definition) is 1. The molecule has 2 aromatic carbocycles. The summed E-state index contributed by atoms with van der Waals surface area (Å²) in [5.41, 5.74) is 3.27. The Balaban J connectivity index is 2.19. The van der Waals surface area contributed by atoms with Crippen molar-refractivity contribution in [3.8, 4) is 0 Å². The summed E-state index contributed by atoms with van der Waals surface area (Å²) in [6.45, 7) is 2.07. The van der Waals surface area contributed by atoms with Crippen LogP contribution in [0.15, 0.2) is 48.5 Å². The van der Waals surface area contributed by atoms with Crippen LogP contribution in [0.1, 0.15) is 18.5 Å². The number of anilines is 2. The monoisotopic (exact) mass is 258 g/mol. The van der Waals surface area contributed by atoms with Gasteiger partial charge in [-0.05, 0) is 36.8 Å². The molecule has 0 aliphatic carbocycles. The van der Waals surface area contributed by atoms with E-state index in [0.717, 1.165) is 16.9 Å². The molecule has 0 saturated carbocycles. The van der Waals surface area contributed by atoms with Gasteiger partial charge in [0.25, 0.3) is 0 Å². The van der Waals surface area contributed by atoms with E-state index in [-0.39, 0.29) is 11.9 Å². The van der Waals surface area contributed by atoms with E-state index >= 15 is 0 Å². The van der Waals surface area contributed by atoms with Gasteiger partial charge in [-0.3, -0.25) is 0 Å². The normalized spacial score (nSPS) is 12.0. The number of halogens is 1. The summed E-state index contributed by atoms with van der Waals surface area (Å²) in [4.78, 5) is 2.07. The van der Waals surface area contributed by atoms with Gasteiger partial charge in [-0.25, -0.2) is 4.39 Å². The molecule has 1 N–H and O–H groups in total. The van der Waals surface area contributed by atoms with Crippen LogP contribution in [0.4, 0.5) is 15.8 Å². The van der Waals surface area contributed by atoms with Crippen molar-refractivity contribution >= 4 is 11.4 Å². The molecule has 0 spiro atoms. The van der Waals surface area contributed by atoms with Gasteiger partial charge in [0, 0.05) is 20.1 Å². The Bertz CT molecular complexity index is 535. The molecule has 0 fully saturated rings. The topological polar surface area (TPSA) is 15.3 Å². The van der Waals surface area contributed by atoms with Crippen LogP contribution in [-0.4, -0.2) is 14.1 Å². The van der Waals surface area contributed by atoms with Crippen molar-refractivity contribution in [3.63, 3.8) is 0 Å². The minimum Gasteiger partial charge on any atom is -0.377 e. The maximum Gasteiger partial charge on any atom is 0.123 e. The zero-order chi connectivity index (χ0) is 13.8.